The molecule has 2 fully saturated rings. The fourth-order valence-corrected chi connectivity index (χ4v) is 5.42. The minimum Gasteiger partial charge on any atom is -0.489 e. The smallest absolute Gasteiger partial charge is 0.257 e. The topological polar surface area (TPSA) is 32.8 Å². The van der Waals surface area contributed by atoms with Crippen molar-refractivity contribution in [3.63, 3.8) is 0 Å². The number of thiophene rings is 1. The molecule has 0 unspecified atom stereocenters. The molecule has 156 valence electrons. The summed E-state index contributed by atoms with van der Waals surface area (Å²) >= 11 is 7.87. The molecule has 0 radical (unpaired) electrons. The zero-order valence-electron chi connectivity index (χ0n) is 17.0. The van der Waals surface area contributed by atoms with Gasteiger partial charge in [0.05, 0.1) is 12.1 Å². The minimum atomic E-state index is -0.0562. The Balaban J connectivity index is 1.41. The molecule has 1 amide bonds. The van der Waals surface area contributed by atoms with E-state index in [0.29, 0.717) is 22.9 Å². The van der Waals surface area contributed by atoms with Gasteiger partial charge in [0, 0.05) is 36.1 Å². The number of rotatable bonds is 6. The van der Waals surface area contributed by atoms with Gasteiger partial charge >= 0.3 is 0 Å². The highest BCUT2D eigenvalue weighted by Gasteiger charge is 2.28. The Morgan fingerprint density at radius 2 is 1.97 bits per heavy atom. The first-order valence-electron chi connectivity index (χ1n) is 10.6. The number of piperidine rings is 1. The molecule has 1 aliphatic heterocycles. The van der Waals surface area contributed by atoms with Crippen LogP contribution in [0.15, 0.2) is 35.7 Å². The van der Waals surface area contributed by atoms with Gasteiger partial charge in [0.2, 0.25) is 0 Å². The van der Waals surface area contributed by atoms with E-state index in [0.717, 1.165) is 36.9 Å². The van der Waals surface area contributed by atoms with Crippen LogP contribution in [-0.4, -0.2) is 48.0 Å². The lowest BCUT2D eigenvalue weighted by Gasteiger charge is -2.36. The van der Waals surface area contributed by atoms with Crippen molar-refractivity contribution in [2.24, 2.45) is 0 Å². The molecule has 2 aliphatic rings. The van der Waals surface area contributed by atoms with E-state index in [-0.39, 0.29) is 12.0 Å². The van der Waals surface area contributed by atoms with Gasteiger partial charge < -0.3 is 14.5 Å². The van der Waals surface area contributed by atoms with Crippen LogP contribution < -0.4 is 4.74 Å². The average molecular weight is 433 g/mol. The molecule has 4 rings (SSSR count). The molecule has 4 nitrogen and oxygen atoms in total. The second-order valence-electron chi connectivity index (χ2n) is 8.17. The highest BCUT2D eigenvalue weighted by Crippen LogP contribution is 2.30. The van der Waals surface area contributed by atoms with Crippen LogP contribution >= 0.6 is 22.9 Å². The minimum absolute atomic E-state index is 0.0562. The fourth-order valence-electron chi connectivity index (χ4n) is 4.49. The largest absolute Gasteiger partial charge is 0.489 e. The van der Waals surface area contributed by atoms with E-state index < -0.39 is 0 Å². The van der Waals surface area contributed by atoms with Crippen molar-refractivity contribution < 1.29 is 9.53 Å². The molecule has 0 N–H and O–H groups in total. The third-order valence-corrected chi connectivity index (χ3v) is 7.20. The van der Waals surface area contributed by atoms with Crippen molar-refractivity contribution in [1.29, 1.82) is 0 Å². The number of carbonyl (C=O) groups excluding carboxylic acids is 1. The molecule has 1 saturated carbocycles. The van der Waals surface area contributed by atoms with E-state index in [9.17, 15) is 4.79 Å². The summed E-state index contributed by atoms with van der Waals surface area (Å²) < 4.78 is 6.33. The van der Waals surface area contributed by atoms with Crippen LogP contribution in [0.2, 0.25) is 5.02 Å². The maximum absolute atomic E-state index is 13.1. The molecular formula is C23H29ClN2O2S. The SMILES string of the molecule is CN(Cc1cccs1)C(=O)c1cc(Cl)ccc1OC1CCN(C2CCCC2)CC1. The predicted octanol–water partition coefficient (Wildman–Crippen LogP) is 5.46. The highest BCUT2D eigenvalue weighted by atomic mass is 35.5. The fraction of sp³-hybridized carbons (Fsp3) is 0.522. The monoisotopic (exact) mass is 432 g/mol. The van der Waals surface area contributed by atoms with Gasteiger partial charge in [-0.1, -0.05) is 30.5 Å². The zero-order valence-corrected chi connectivity index (χ0v) is 18.6. The highest BCUT2D eigenvalue weighted by molar-refractivity contribution is 7.09. The first-order chi connectivity index (χ1) is 14.1. The second kappa shape index (κ2) is 9.50. The summed E-state index contributed by atoms with van der Waals surface area (Å²) in [4.78, 5) is 18.6. The number of benzene rings is 1. The Kier molecular flexibility index (Phi) is 6.78. The number of ether oxygens (including phenoxy) is 1. The maximum Gasteiger partial charge on any atom is 0.257 e. The van der Waals surface area contributed by atoms with Crippen LogP contribution in [0.4, 0.5) is 0 Å². The van der Waals surface area contributed by atoms with Gasteiger partial charge in [0.1, 0.15) is 11.9 Å². The summed E-state index contributed by atoms with van der Waals surface area (Å²) in [6.07, 6.45) is 7.61. The van der Waals surface area contributed by atoms with Crippen molar-refractivity contribution in [2.45, 2.75) is 57.2 Å². The summed E-state index contributed by atoms with van der Waals surface area (Å²) in [5.74, 6) is 0.594. The van der Waals surface area contributed by atoms with Gasteiger partial charge in [-0.2, -0.15) is 0 Å². The summed E-state index contributed by atoms with van der Waals surface area (Å²) in [5.41, 5.74) is 0.551. The first kappa shape index (κ1) is 20.7. The molecule has 1 aliphatic carbocycles. The normalized spacial score (nSPS) is 18.8. The lowest BCUT2D eigenvalue weighted by Crippen LogP contribution is -2.43. The number of amides is 1. The average Bonchev–Trinajstić information content (AvgIpc) is 3.43. The van der Waals surface area contributed by atoms with Gasteiger partial charge in [-0.3, -0.25) is 4.79 Å². The van der Waals surface area contributed by atoms with Gasteiger partial charge in [0.25, 0.3) is 5.91 Å². The Bertz CT molecular complexity index is 812. The van der Waals surface area contributed by atoms with Crippen molar-refractivity contribution >= 4 is 28.8 Å². The first-order valence-corrected chi connectivity index (χ1v) is 11.8. The van der Waals surface area contributed by atoms with Crippen molar-refractivity contribution in [1.82, 2.24) is 9.80 Å². The molecular weight excluding hydrogens is 404 g/mol. The summed E-state index contributed by atoms with van der Waals surface area (Å²) in [5, 5.41) is 2.58. The molecule has 2 aromatic rings. The van der Waals surface area contributed by atoms with Crippen LogP contribution in [0.5, 0.6) is 5.75 Å². The molecule has 1 aromatic heterocycles. The van der Waals surface area contributed by atoms with Crippen LogP contribution in [0, 0.1) is 0 Å². The molecule has 29 heavy (non-hydrogen) atoms. The summed E-state index contributed by atoms with van der Waals surface area (Å²) in [6.45, 7) is 2.76. The van der Waals surface area contributed by atoms with Gasteiger partial charge in [-0.05, 0) is 55.3 Å². The van der Waals surface area contributed by atoms with E-state index >= 15 is 0 Å². The third-order valence-electron chi connectivity index (χ3n) is 6.10. The van der Waals surface area contributed by atoms with Crippen LogP contribution in [0.3, 0.4) is 0 Å². The quantitative estimate of drug-likeness (QED) is 0.607. The Labute approximate surface area is 182 Å². The lowest BCUT2D eigenvalue weighted by molar-refractivity contribution is 0.0710. The standard InChI is InChI=1S/C23H29ClN2O2S/c1-25(16-20-7-4-14-29-20)23(27)21-15-17(24)8-9-22(21)28-19-10-12-26(13-11-19)18-5-2-3-6-18/h4,7-9,14-15,18-19H,2-3,5-6,10-13,16H2,1H3. The van der Waals surface area contributed by atoms with Gasteiger partial charge in [-0.25, -0.2) is 0 Å². The predicted molar refractivity (Wildman–Crippen MR) is 119 cm³/mol. The maximum atomic E-state index is 13.1. The van der Waals surface area contributed by atoms with Crippen molar-refractivity contribution in [3.8, 4) is 5.75 Å². The number of carbonyl (C=O) groups is 1. The van der Waals surface area contributed by atoms with Crippen molar-refractivity contribution in [3.05, 3.63) is 51.2 Å². The van der Waals surface area contributed by atoms with Crippen LogP contribution in [0.25, 0.3) is 0 Å². The van der Waals surface area contributed by atoms with Gasteiger partial charge in [0.15, 0.2) is 0 Å². The van der Waals surface area contributed by atoms with E-state index in [4.69, 9.17) is 16.3 Å². The number of hydrogen-bond donors (Lipinski definition) is 0. The number of nitrogens with zero attached hydrogens (tertiary/aromatic N) is 2. The number of halogens is 1. The Hall–Kier alpha value is -1.56. The molecule has 2 heterocycles. The molecule has 1 saturated heterocycles. The zero-order chi connectivity index (χ0) is 20.2. The van der Waals surface area contributed by atoms with E-state index in [2.05, 4.69) is 4.90 Å². The summed E-state index contributed by atoms with van der Waals surface area (Å²) in [7, 11) is 1.83. The number of likely N-dealkylation sites (tertiary alicyclic amines) is 1. The molecule has 0 atom stereocenters. The van der Waals surface area contributed by atoms with E-state index in [1.807, 2.05) is 30.6 Å². The van der Waals surface area contributed by atoms with Crippen molar-refractivity contribution in [2.75, 3.05) is 20.1 Å². The molecule has 1 aromatic carbocycles. The van der Waals surface area contributed by atoms with E-state index in [1.165, 1.54) is 25.7 Å². The van der Waals surface area contributed by atoms with E-state index in [1.54, 1.807) is 28.4 Å². The van der Waals surface area contributed by atoms with Crippen LogP contribution in [-0.2, 0) is 6.54 Å². The van der Waals surface area contributed by atoms with Crippen LogP contribution in [0.1, 0.15) is 53.8 Å². The van der Waals surface area contributed by atoms with Gasteiger partial charge in [-0.15, -0.1) is 11.3 Å². The second-order valence-corrected chi connectivity index (χ2v) is 9.64. The molecule has 6 heteroatoms. The molecule has 0 spiro atoms. The lowest BCUT2D eigenvalue weighted by atomic mass is 10.0. The Morgan fingerprint density at radius 1 is 1.21 bits per heavy atom. The number of hydrogen-bond acceptors (Lipinski definition) is 4. The summed E-state index contributed by atoms with van der Waals surface area (Å²) in [6, 6.07) is 10.2. The molecule has 0 bridgehead atoms. The Morgan fingerprint density at radius 3 is 2.66 bits per heavy atom. The third kappa shape index (κ3) is 5.14.